The summed E-state index contributed by atoms with van der Waals surface area (Å²) in [5.41, 5.74) is 2.54. The summed E-state index contributed by atoms with van der Waals surface area (Å²) in [6.07, 6.45) is 1.80. The number of halogens is 2. The number of amides is 1. The molecule has 0 unspecified atom stereocenters. The van der Waals surface area contributed by atoms with Crippen molar-refractivity contribution in [2.75, 3.05) is 6.54 Å². The van der Waals surface area contributed by atoms with Crippen LogP contribution in [0.3, 0.4) is 0 Å². The van der Waals surface area contributed by atoms with Crippen LogP contribution < -0.4 is 0 Å². The molecular weight excluding hydrogens is 327 g/mol. The van der Waals surface area contributed by atoms with Gasteiger partial charge in [0.05, 0.1) is 15.8 Å². The zero-order chi connectivity index (χ0) is 14.8. The Kier molecular flexibility index (Phi) is 4.29. The first kappa shape index (κ1) is 14.6. The highest BCUT2D eigenvalue weighted by molar-refractivity contribution is 7.08. The third kappa shape index (κ3) is 3.12. The van der Waals surface area contributed by atoms with Crippen LogP contribution in [-0.2, 0) is 0 Å². The zero-order valence-electron chi connectivity index (χ0n) is 11.1. The lowest BCUT2D eigenvalue weighted by molar-refractivity contribution is 0.0751. The number of hydrogen-bond acceptors (Lipinski definition) is 3. The van der Waals surface area contributed by atoms with Crippen molar-refractivity contribution in [2.24, 2.45) is 5.10 Å². The summed E-state index contributed by atoms with van der Waals surface area (Å²) in [6, 6.07) is 6.91. The summed E-state index contributed by atoms with van der Waals surface area (Å²) < 4.78 is 0. The summed E-state index contributed by atoms with van der Waals surface area (Å²) in [6.45, 7) is 0.618. The van der Waals surface area contributed by atoms with E-state index < -0.39 is 0 Å². The van der Waals surface area contributed by atoms with Gasteiger partial charge in [0.25, 0.3) is 5.91 Å². The second-order valence-corrected chi connectivity index (χ2v) is 6.31. The van der Waals surface area contributed by atoms with E-state index in [2.05, 4.69) is 5.10 Å². The highest BCUT2D eigenvalue weighted by Gasteiger charge is 2.21. The van der Waals surface area contributed by atoms with E-state index in [0.29, 0.717) is 22.2 Å². The monoisotopic (exact) mass is 338 g/mol. The average molecular weight is 339 g/mol. The molecule has 108 valence electrons. The van der Waals surface area contributed by atoms with Crippen LogP contribution in [0.25, 0.3) is 0 Å². The summed E-state index contributed by atoms with van der Waals surface area (Å²) in [7, 11) is 0. The lowest BCUT2D eigenvalue weighted by atomic mass is 10.1. The highest BCUT2D eigenvalue weighted by atomic mass is 35.5. The highest BCUT2D eigenvalue weighted by Crippen LogP contribution is 2.24. The molecule has 0 bridgehead atoms. The van der Waals surface area contributed by atoms with Gasteiger partial charge in [-0.3, -0.25) is 4.79 Å². The molecule has 0 spiro atoms. The second-order valence-electron chi connectivity index (χ2n) is 4.72. The molecule has 1 amide bonds. The minimum atomic E-state index is -0.152. The molecule has 0 radical (unpaired) electrons. The number of hydrogen-bond donors (Lipinski definition) is 0. The van der Waals surface area contributed by atoms with E-state index >= 15 is 0 Å². The topological polar surface area (TPSA) is 32.7 Å². The Morgan fingerprint density at radius 2 is 2.10 bits per heavy atom. The smallest absolute Gasteiger partial charge is 0.267 e. The van der Waals surface area contributed by atoms with Crippen molar-refractivity contribution < 1.29 is 4.79 Å². The Morgan fingerprint density at radius 1 is 1.24 bits per heavy atom. The van der Waals surface area contributed by atoms with E-state index in [1.807, 2.05) is 16.8 Å². The van der Waals surface area contributed by atoms with Gasteiger partial charge in [0.1, 0.15) is 0 Å². The van der Waals surface area contributed by atoms with E-state index in [0.717, 1.165) is 24.1 Å². The van der Waals surface area contributed by atoms with E-state index in [4.69, 9.17) is 23.2 Å². The first-order valence-electron chi connectivity index (χ1n) is 6.52. The fraction of sp³-hybridized carbons (Fsp3) is 0.200. The number of carbonyl (C=O) groups excluding carboxylic acids is 1. The molecule has 0 aliphatic carbocycles. The van der Waals surface area contributed by atoms with Crippen LogP contribution in [0.2, 0.25) is 10.0 Å². The third-order valence-corrected chi connectivity index (χ3v) is 4.70. The summed E-state index contributed by atoms with van der Waals surface area (Å²) in [5, 5.41) is 10.9. The van der Waals surface area contributed by atoms with Gasteiger partial charge in [0.15, 0.2) is 0 Å². The van der Waals surface area contributed by atoms with Gasteiger partial charge >= 0.3 is 0 Å². The van der Waals surface area contributed by atoms with Gasteiger partial charge in [0, 0.05) is 17.7 Å². The molecule has 3 nitrogen and oxygen atoms in total. The molecule has 1 aliphatic heterocycles. The van der Waals surface area contributed by atoms with Crippen molar-refractivity contribution in [3.63, 3.8) is 0 Å². The number of thiophene rings is 1. The zero-order valence-corrected chi connectivity index (χ0v) is 13.4. The molecule has 0 atom stereocenters. The summed E-state index contributed by atoms with van der Waals surface area (Å²) in [5.74, 6) is -0.152. The van der Waals surface area contributed by atoms with E-state index in [1.165, 1.54) is 5.01 Å². The van der Waals surface area contributed by atoms with Gasteiger partial charge in [0.2, 0.25) is 0 Å². The Bertz CT molecular complexity index is 698. The maximum atomic E-state index is 12.5. The maximum Gasteiger partial charge on any atom is 0.274 e. The number of nitrogens with zero attached hydrogens (tertiary/aromatic N) is 2. The molecule has 2 heterocycles. The summed E-state index contributed by atoms with van der Waals surface area (Å²) in [4.78, 5) is 12.5. The SMILES string of the molecule is O=C(c1ccc(Cl)c(Cl)c1)N1CCCC(c2ccsc2)=N1. The number of rotatable bonds is 2. The fourth-order valence-corrected chi connectivity index (χ4v) is 3.16. The minimum Gasteiger partial charge on any atom is -0.267 e. The fourth-order valence-electron chi connectivity index (χ4n) is 2.20. The molecule has 21 heavy (non-hydrogen) atoms. The molecule has 3 rings (SSSR count). The number of carbonyl (C=O) groups is 1. The molecular formula is C15H12Cl2N2OS. The van der Waals surface area contributed by atoms with Crippen LogP contribution in [0.4, 0.5) is 0 Å². The molecule has 2 aromatic rings. The first-order chi connectivity index (χ1) is 10.1. The molecule has 0 fully saturated rings. The minimum absolute atomic E-state index is 0.152. The van der Waals surface area contributed by atoms with Gasteiger partial charge in [-0.15, -0.1) is 0 Å². The van der Waals surface area contributed by atoms with Gasteiger partial charge < -0.3 is 0 Å². The number of hydrazone groups is 1. The number of benzene rings is 1. The van der Waals surface area contributed by atoms with Gasteiger partial charge in [-0.25, -0.2) is 5.01 Å². The molecule has 0 saturated carbocycles. The molecule has 1 aliphatic rings. The lowest BCUT2D eigenvalue weighted by Crippen LogP contribution is -2.32. The first-order valence-corrected chi connectivity index (χ1v) is 8.22. The van der Waals surface area contributed by atoms with Crippen LogP contribution in [-0.4, -0.2) is 23.2 Å². The maximum absolute atomic E-state index is 12.5. The Hall–Kier alpha value is -1.36. The van der Waals surface area contributed by atoms with Crippen LogP contribution in [0.5, 0.6) is 0 Å². The molecule has 0 saturated heterocycles. The summed E-state index contributed by atoms with van der Waals surface area (Å²) >= 11 is 13.5. The predicted molar refractivity (Wildman–Crippen MR) is 87.6 cm³/mol. The van der Waals surface area contributed by atoms with Gasteiger partial charge in [-0.05, 0) is 47.9 Å². The lowest BCUT2D eigenvalue weighted by Gasteiger charge is -2.23. The van der Waals surface area contributed by atoms with Crippen molar-refractivity contribution in [3.05, 3.63) is 56.2 Å². The van der Waals surface area contributed by atoms with Crippen LogP contribution in [0.15, 0.2) is 40.1 Å². The van der Waals surface area contributed by atoms with Crippen LogP contribution in [0, 0.1) is 0 Å². The quantitative estimate of drug-likeness (QED) is 0.781. The molecule has 1 aromatic heterocycles. The average Bonchev–Trinajstić information content (AvgIpc) is 3.04. The van der Waals surface area contributed by atoms with Crippen molar-refractivity contribution in [2.45, 2.75) is 12.8 Å². The van der Waals surface area contributed by atoms with Crippen LogP contribution in [0.1, 0.15) is 28.8 Å². The molecule has 1 aromatic carbocycles. The van der Waals surface area contributed by atoms with E-state index in [1.54, 1.807) is 29.5 Å². The normalized spacial score (nSPS) is 15.0. The Balaban J connectivity index is 1.87. The van der Waals surface area contributed by atoms with E-state index in [-0.39, 0.29) is 5.91 Å². The standard InChI is InChI=1S/C15H12Cl2N2OS/c16-12-4-3-10(8-13(12)17)15(20)19-6-1-2-14(18-19)11-5-7-21-9-11/h3-5,7-9H,1-2,6H2. The van der Waals surface area contributed by atoms with Crippen molar-refractivity contribution in [1.29, 1.82) is 0 Å². The predicted octanol–water partition coefficient (Wildman–Crippen LogP) is 4.70. The Labute approximate surface area is 136 Å². The van der Waals surface area contributed by atoms with Gasteiger partial charge in [-0.1, -0.05) is 23.2 Å². The Morgan fingerprint density at radius 3 is 2.81 bits per heavy atom. The largest absolute Gasteiger partial charge is 0.274 e. The van der Waals surface area contributed by atoms with Gasteiger partial charge in [-0.2, -0.15) is 16.4 Å². The third-order valence-electron chi connectivity index (χ3n) is 3.28. The van der Waals surface area contributed by atoms with E-state index in [9.17, 15) is 4.79 Å². The van der Waals surface area contributed by atoms with Crippen LogP contribution >= 0.6 is 34.5 Å². The van der Waals surface area contributed by atoms with Crippen molar-refractivity contribution in [3.8, 4) is 0 Å². The second kappa shape index (κ2) is 6.18. The van der Waals surface area contributed by atoms with Crippen molar-refractivity contribution in [1.82, 2.24) is 5.01 Å². The molecule has 6 heteroatoms. The van der Waals surface area contributed by atoms with Crippen molar-refractivity contribution >= 4 is 46.2 Å². The molecule has 0 N–H and O–H groups in total.